The van der Waals surface area contributed by atoms with Crippen LogP contribution in [0.4, 0.5) is 5.82 Å². The maximum atomic E-state index is 5.26. The van der Waals surface area contributed by atoms with Crippen LogP contribution in [0.1, 0.15) is 24.4 Å². The fourth-order valence-corrected chi connectivity index (χ4v) is 1.94. The molecule has 102 valence electrons. The summed E-state index contributed by atoms with van der Waals surface area (Å²) in [5.74, 6) is 0.801. The van der Waals surface area contributed by atoms with Gasteiger partial charge < -0.3 is 10.1 Å². The molecule has 2 aromatic heterocycles. The minimum Gasteiger partial charge on any atom is -0.382 e. The van der Waals surface area contributed by atoms with Gasteiger partial charge in [0.25, 0.3) is 0 Å². The van der Waals surface area contributed by atoms with Gasteiger partial charge >= 0.3 is 0 Å². The molecule has 1 N–H and O–H groups in total. The Hall–Kier alpha value is -1.95. The maximum absolute atomic E-state index is 5.26. The lowest BCUT2D eigenvalue weighted by molar-refractivity contribution is 0.184. The Labute approximate surface area is 112 Å². The van der Waals surface area contributed by atoms with Crippen LogP contribution in [-0.2, 0) is 18.2 Å². The zero-order valence-electron chi connectivity index (χ0n) is 11.5. The summed E-state index contributed by atoms with van der Waals surface area (Å²) >= 11 is 0. The van der Waals surface area contributed by atoms with Crippen LogP contribution in [0.15, 0.2) is 24.7 Å². The van der Waals surface area contributed by atoms with Crippen LogP contribution in [0.3, 0.4) is 0 Å². The first-order valence-electron chi connectivity index (χ1n) is 6.29. The summed E-state index contributed by atoms with van der Waals surface area (Å²) in [7, 11) is 3.60. The van der Waals surface area contributed by atoms with Crippen molar-refractivity contribution in [3.63, 3.8) is 0 Å². The Kier molecular flexibility index (Phi) is 4.46. The van der Waals surface area contributed by atoms with Crippen LogP contribution in [-0.4, -0.2) is 33.5 Å². The molecule has 0 amide bonds. The highest BCUT2D eigenvalue weighted by molar-refractivity contribution is 5.37. The normalized spacial score (nSPS) is 12.4. The Morgan fingerprint density at radius 2 is 2.26 bits per heavy atom. The molecule has 0 bridgehead atoms. The molecule has 0 aliphatic heterocycles. The zero-order chi connectivity index (χ0) is 13.7. The summed E-state index contributed by atoms with van der Waals surface area (Å²) in [6, 6.07) is 3.94. The van der Waals surface area contributed by atoms with Crippen LogP contribution >= 0.6 is 0 Å². The smallest absolute Gasteiger partial charge is 0.130 e. The summed E-state index contributed by atoms with van der Waals surface area (Å²) in [6.07, 6.45) is 4.24. The second kappa shape index (κ2) is 6.29. The quantitative estimate of drug-likeness (QED) is 0.855. The van der Waals surface area contributed by atoms with Gasteiger partial charge in [-0.2, -0.15) is 5.10 Å². The molecule has 0 saturated carbocycles. The lowest BCUT2D eigenvalue weighted by Gasteiger charge is -2.18. The Bertz CT molecular complexity index is 525. The van der Waals surface area contributed by atoms with E-state index in [0.29, 0.717) is 6.61 Å². The van der Waals surface area contributed by atoms with E-state index in [4.69, 9.17) is 4.74 Å². The van der Waals surface area contributed by atoms with Crippen molar-refractivity contribution in [2.75, 3.05) is 19.0 Å². The highest BCUT2D eigenvalue weighted by atomic mass is 16.5. The third-order valence-electron chi connectivity index (χ3n) is 2.96. The molecule has 0 saturated heterocycles. The standard InChI is InChI=1S/C13H19N5O/c1-4-10-7-13(15-9-14-10)17-11(8-19-3)12-5-6-16-18(12)2/h5-7,9,11H,4,8H2,1-3H3,(H,14,15,17). The van der Waals surface area contributed by atoms with Crippen molar-refractivity contribution in [1.82, 2.24) is 19.7 Å². The number of aromatic nitrogens is 4. The molecule has 0 fully saturated rings. The number of aryl methyl sites for hydroxylation is 2. The highest BCUT2D eigenvalue weighted by Gasteiger charge is 2.15. The van der Waals surface area contributed by atoms with Crippen molar-refractivity contribution in [3.05, 3.63) is 36.0 Å². The Balaban J connectivity index is 2.18. The molecule has 1 atom stereocenters. The van der Waals surface area contributed by atoms with Gasteiger partial charge in [-0.15, -0.1) is 0 Å². The summed E-state index contributed by atoms with van der Waals surface area (Å²) in [6.45, 7) is 2.62. The van der Waals surface area contributed by atoms with E-state index in [1.165, 1.54) is 0 Å². The predicted molar refractivity (Wildman–Crippen MR) is 72.9 cm³/mol. The number of rotatable bonds is 6. The SMILES string of the molecule is CCc1cc(NC(COC)c2ccnn2C)ncn1. The number of hydrogen-bond acceptors (Lipinski definition) is 5. The van der Waals surface area contributed by atoms with E-state index in [-0.39, 0.29) is 6.04 Å². The van der Waals surface area contributed by atoms with E-state index in [2.05, 4.69) is 27.3 Å². The number of nitrogens with one attached hydrogen (secondary N) is 1. The summed E-state index contributed by atoms with van der Waals surface area (Å²) in [5.41, 5.74) is 2.07. The number of anilines is 1. The molecule has 2 rings (SSSR count). The second-order valence-electron chi connectivity index (χ2n) is 4.28. The van der Waals surface area contributed by atoms with Gasteiger partial charge in [0.15, 0.2) is 0 Å². The Morgan fingerprint density at radius 3 is 2.89 bits per heavy atom. The van der Waals surface area contributed by atoms with Gasteiger partial charge in [0.2, 0.25) is 0 Å². The van der Waals surface area contributed by atoms with Crippen LogP contribution in [0.5, 0.6) is 0 Å². The molecule has 19 heavy (non-hydrogen) atoms. The molecule has 1 unspecified atom stereocenters. The molecular formula is C13H19N5O. The molecule has 0 spiro atoms. The minimum absolute atomic E-state index is 0.0112. The first kappa shape index (κ1) is 13.5. The van der Waals surface area contributed by atoms with Crippen LogP contribution in [0.25, 0.3) is 0 Å². The van der Waals surface area contributed by atoms with E-state index in [9.17, 15) is 0 Å². The third kappa shape index (κ3) is 3.29. The van der Waals surface area contributed by atoms with Crippen molar-refractivity contribution < 1.29 is 4.74 Å². The summed E-state index contributed by atoms with van der Waals surface area (Å²) < 4.78 is 7.10. The summed E-state index contributed by atoms with van der Waals surface area (Å²) in [5, 5.41) is 7.54. The van der Waals surface area contributed by atoms with Gasteiger partial charge in [0.05, 0.1) is 18.3 Å². The molecule has 2 heterocycles. The number of hydrogen-bond donors (Lipinski definition) is 1. The van der Waals surface area contributed by atoms with Gasteiger partial charge in [-0.3, -0.25) is 4.68 Å². The predicted octanol–water partition coefficient (Wildman–Crippen LogP) is 1.57. The largest absolute Gasteiger partial charge is 0.382 e. The highest BCUT2D eigenvalue weighted by Crippen LogP contribution is 2.18. The van der Waals surface area contributed by atoms with Crippen molar-refractivity contribution in [2.24, 2.45) is 7.05 Å². The third-order valence-corrected chi connectivity index (χ3v) is 2.96. The van der Waals surface area contributed by atoms with Gasteiger partial charge in [0, 0.05) is 32.1 Å². The lowest BCUT2D eigenvalue weighted by atomic mass is 10.2. The number of nitrogens with zero attached hydrogens (tertiary/aromatic N) is 4. The first-order chi connectivity index (χ1) is 9.24. The van der Waals surface area contributed by atoms with Crippen molar-refractivity contribution in [1.29, 1.82) is 0 Å². The second-order valence-corrected chi connectivity index (χ2v) is 4.28. The lowest BCUT2D eigenvalue weighted by Crippen LogP contribution is -2.20. The van der Waals surface area contributed by atoms with Gasteiger partial charge in [-0.05, 0) is 12.5 Å². The van der Waals surface area contributed by atoms with Crippen molar-refractivity contribution >= 4 is 5.82 Å². The van der Waals surface area contributed by atoms with Crippen LogP contribution in [0, 0.1) is 0 Å². The van der Waals surface area contributed by atoms with Gasteiger partial charge in [-0.1, -0.05) is 6.92 Å². The van der Waals surface area contributed by atoms with Crippen LogP contribution < -0.4 is 5.32 Å². The van der Waals surface area contributed by atoms with E-state index in [1.54, 1.807) is 19.6 Å². The topological polar surface area (TPSA) is 64.9 Å². The molecule has 0 aromatic carbocycles. The maximum Gasteiger partial charge on any atom is 0.130 e. The number of ether oxygens (including phenoxy) is 1. The summed E-state index contributed by atoms with van der Waals surface area (Å²) in [4.78, 5) is 8.43. The average molecular weight is 261 g/mol. The molecule has 6 heteroatoms. The molecule has 0 aliphatic carbocycles. The van der Waals surface area contributed by atoms with Crippen LogP contribution in [0.2, 0.25) is 0 Å². The van der Waals surface area contributed by atoms with Crippen molar-refractivity contribution in [2.45, 2.75) is 19.4 Å². The van der Waals surface area contributed by atoms with E-state index >= 15 is 0 Å². The van der Waals surface area contributed by atoms with Gasteiger partial charge in [0.1, 0.15) is 12.1 Å². The molecular weight excluding hydrogens is 242 g/mol. The van der Waals surface area contributed by atoms with Gasteiger partial charge in [-0.25, -0.2) is 9.97 Å². The average Bonchev–Trinajstić information content (AvgIpc) is 2.85. The molecule has 0 aliphatic rings. The molecule has 2 aromatic rings. The van der Waals surface area contributed by atoms with E-state index < -0.39 is 0 Å². The monoisotopic (exact) mass is 261 g/mol. The number of methoxy groups -OCH3 is 1. The van der Waals surface area contributed by atoms with E-state index in [1.807, 2.05) is 23.9 Å². The minimum atomic E-state index is 0.0112. The molecule has 6 nitrogen and oxygen atoms in total. The Morgan fingerprint density at radius 1 is 1.42 bits per heavy atom. The fourth-order valence-electron chi connectivity index (χ4n) is 1.94. The zero-order valence-corrected chi connectivity index (χ0v) is 11.5. The first-order valence-corrected chi connectivity index (χ1v) is 6.29. The molecule has 0 radical (unpaired) electrons. The fraction of sp³-hybridized carbons (Fsp3) is 0.462. The van der Waals surface area contributed by atoms with E-state index in [0.717, 1.165) is 23.6 Å². The van der Waals surface area contributed by atoms with Crippen molar-refractivity contribution in [3.8, 4) is 0 Å².